The molecule has 1 fully saturated rings. The summed E-state index contributed by atoms with van der Waals surface area (Å²) in [4.78, 5) is 36.7. The first-order chi connectivity index (χ1) is 10.5. The van der Waals surface area contributed by atoms with Crippen LogP contribution < -0.4 is 5.73 Å². The average Bonchev–Trinajstić information content (AvgIpc) is 2.45. The Balaban J connectivity index is 2.74. The monoisotopic (exact) mass is 312 g/mol. The predicted molar refractivity (Wildman–Crippen MR) is 83.0 cm³/mol. The number of carboxylic acid groups (broad SMARTS) is 1. The summed E-state index contributed by atoms with van der Waals surface area (Å²) in [5.74, 6) is -1.97. The second-order valence-electron chi connectivity index (χ2n) is 6.14. The summed E-state index contributed by atoms with van der Waals surface area (Å²) in [6, 6.07) is -0.166. The van der Waals surface area contributed by atoms with Gasteiger partial charge in [-0.15, -0.1) is 0 Å². The van der Waals surface area contributed by atoms with Gasteiger partial charge in [0.15, 0.2) is 0 Å². The molecule has 0 aromatic heterocycles. The molecule has 1 aliphatic rings. The third kappa shape index (κ3) is 6.03. The molecule has 1 heterocycles. The first-order valence-electron chi connectivity index (χ1n) is 8.26. The van der Waals surface area contributed by atoms with Crippen molar-refractivity contribution in [2.24, 2.45) is 11.7 Å². The van der Waals surface area contributed by atoms with Crippen molar-refractivity contribution in [3.05, 3.63) is 0 Å². The summed E-state index contributed by atoms with van der Waals surface area (Å²) in [7, 11) is 0. The standard InChI is InChI=1S/C16H28N2O4/c1-2-3-4-7-12(10-15(20)21)16(22)18-9-6-5-8-13(18)11-14(17)19/h12-13H,2-11H2,1H3,(H2,17,19)(H,20,21). The zero-order chi connectivity index (χ0) is 16.5. The maximum Gasteiger partial charge on any atom is 0.304 e. The lowest BCUT2D eigenvalue weighted by atomic mass is 9.92. The quantitative estimate of drug-likeness (QED) is 0.635. The number of carboxylic acids is 1. The number of unbranched alkanes of at least 4 members (excludes halogenated alkanes) is 2. The lowest BCUT2D eigenvalue weighted by Gasteiger charge is -2.37. The number of amides is 2. The Morgan fingerprint density at radius 1 is 1.27 bits per heavy atom. The van der Waals surface area contributed by atoms with E-state index in [1.807, 2.05) is 0 Å². The minimum atomic E-state index is -0.946. The van der Waals surface area contributed by atoms with Crippen LogP contribution in [0.3, 0.4) is 0 Å². The molecule has 0 aliphatic carbocycles. The highest BCUT2D eigenvalue weighted by molar-refractivity contribution is 5.84. The number of piperidine rings is 1. The molecular formula is C16H28N2O4. The molecule has 6 nitrogen and oxygen atoms in total. The predicted octanol–water partition coefficient (Wildman–Crippen LogP) is 1.91. The first kappa shape index (κ1) is 18.5. The number of nitrogens with two attached hydrogens (primary N) is 1. The van der Waals surface area contributed by atoms with Gasteiger partial charge in [-0.05, 0) is 25.7 Å². The molecule has 0 saturated carbocycles. The molecular weight excluding hydrogens is 284 g/mol. The lowest BCUT2D eigenvalue weighted by molar-refractivity contribution is -0.147. The molecule has 6 heteroatoms. The van der Waals surface area contributed by atoms with Gasteiger partial charge >= 0.3 is 5.97 Å². The molecule has 1 saturated heterocycles. The van der Waals surface area contributed by atoms with Crippen LogP contribution in [0.1, 0.15) is 64.7 Å². The molecule has 1 rings (SSSR count). The van der Waals surface area contributed by atoms with Crippen molar-refractivity contribution in [2.45, 2.75) is 70.8 Å². The Morgan fingerprint density at radius 3 is 2.59 bits per heavy atom. The van der Waals surface area contributed by atoms with Gasteiger partial charge in [0.1, 0.15) is 0 Å². The second-order valence-corrected chi connectivity index (χ2v) is 6.14. The molecule has 0 aromatic carbocycles. The fraction of sp³-hybridized carbons (Fsp3) is 0.812. The highest BCUT2D eigenvalue weighted by atomic mass is 16.4. The van der Waals surface area contributed by atoms with Gasteiger partial charge in [0.2, 0.25) is 11.8 Å². The van der Waals surface area contributed by atoms with Crippen LogP contribution in [0.15, 0.2) is 0 Å². The third-order valence-corrected chi connectivity index (χ3v) is 4.27. The van der Waals surface area contributed by atoms with E-state index in [2.05, 4.69) is 6.92 Å². The molecule has 0 radical (unpaired) electrons. The van der Waals surface area contributed by atoms with Gasteiger partial charge in [0.25, 0.3) is 0 Å². The van der Waals surface area contributed by atoms with Gasteiger partial charge in [-0.1, -0.05) is 26.2 Å². The highest BCUT2D eigenvalue weighted by Gasteiger charge is 2.32. The number of carbonyl (C=O) groups is 3. The summed E-state index contributed by atoms with van der Waals surface area (Å²) in [5.41, 5.74) is 5.27. The van der Waals surface area contributed by atoms with Gasteiger partial charge in [0.05, 0.1) is 6.42 Å². The van der Waals surface area contributed by atoms with E-state index in [9.17, 15) is 14.4 Å². The number of carbonyl (C=O) groups excluding carboxylic acids is 2. The topological polar surface area (TPSA) is 101 Å². The largest absolute Gasteiger partial charge is 0.481 e. The molecule has 2 atom stereocenters. The summed E-state index contributed by atoms with van der Waals surface area (Å²) in [5, 5.41) is 9.05. The van der Waals surface area contributed by atoms with Gasteiger partial charge in [-0.3, -0.25) is 14.4 Å². The zero-order valence-electron chi connectivity index (χ0n) is 13.4. The minimum absolute atomic E-state index is 0.121. The molecule has 0 spiro atoms. The van der Waals surface area contributed by atoms with Crippen molar-refractivity contribution in [3.63, 3.8) is 0 Å². The maximum atomic E-state index is 12.7. The number of hydrogen-bond acceptors (Lipinski definition) is 3. The number of hydrogen-bond donors (Lipinski definition) is 2. The number of likely N-dealkylation sites (tertiary alicyclic amines) is 1. The normalized spacial score (nSPS) is 19.7. The van der Waals surface area contributed by atoms with Crippen molar-refractivity contribution >= 4 is 17.8 Å². The first-order valence-corrected chi connectivity index (χ1v) is 8.26. The van der Waals surface area contributed by atoms with Crippen LogP contribution in [0, 0.1) is 5.92 Å². The van der Waals surface area contributed by atoms with Gasteiger partial charge < -0.3 is 15.7 Å². The molecule has 126 valence electrons. The fourth-order valence-corrected chi connectivity index (χ4v) is 3.13. The minimum Gasteiger partial charge on any atom is -0.481 e. The van der Waals surface area contributed by atoms with Crippen molar-refractivity contribution in [1.82, 2.24) is 4.90 Å². The summed E-state index contributed by atoms with van der Waals surface area (Å²) < 4.78 is 0. The van der Waals surface area contributed by atoms with Crippen LogP contribution in [0.5, 0.6) is 0 Å². The molecule has 3 N–H and O–H groups in total. The fourth-order valence-electron chi connectivity index (χ4n) is 3.13. The summed E-state index contributed by atoms with van der Waals surface area (Å²) >= 11 is 0. The Labute approximate surface area is 132 Å². The van der Waals surface area contributed by atoms with Gasteiger partial charge in [-0.25, -0.2) is 0 Å². The van der Waals surface area contributed by atoms with Crippen LogP contribution in [0.4, 0.5) is 0 Å². The van der Waals surface area contributed by atoms with Crippen LogP contribution in [-0.2, 0) is 14.4 Å². The number of nitrogens with zero attached hydrogens (tertiary/aromatic N) is 1. The van der Waals surface area contributed by atoms with E-state index >= 15 is 0 Å². The van der Waals surface area contributed by atoms with Gasteiger partial charge in [0, 0.05) is 24.9 Å². The van der Waals surface area contributed by atoms with E-state index < -0.39 is 17.8 Å². The van der Waals surface area contributed by atoms with E-state index in [1.165, 1.54) is 0 Å². The Morgan fingerprint density at radius 2 is 2.00 bits per heavy atom. The SMILES string of the molecule is CCCCCC(CC(=O)O)C(=O)N1CCCCC1CC(N)=O. The smallest absolute Gasteiger partial charge is 0.304 e. The van der Waals surface area contributed by atoms with Crippen LogP contribution in [0.25, 0.3) is 0 Å². The highest BCUT2D eigenvalue weighted by Crippen LogP contribution is 2.25. The average molecular weight is 312 g/mol. The number of primary amides is 1. The van der Waals surface area contributed by atoms with Gasteiger partial charge in [-0.2, -0.15) is 0 Å². The molecule has 1 aliphatic heterocycles. The molecule has 0 aromatic rings. The summed E-state index contributed by atoms with van der Waals surface area (Å²) in [6.45, 7) is 2.67. The Kier molecular flexibility index (Phi) is 7.91. The molecule has 2 amide bonds. The van der Waals surface area contributed by atoms with E-state index in [-0.39, 0.29) is 24.8 Å². The number of aliphatic carboxylic acids is 1. The van der Waals surface area contributed by atoms with E-state index in [0.29, 0.717) is 13.0 Å². The summed E-state index contributed by atoms with van der Waals surface area (Å²) in [6.07, 6.45) is 6.15. The lowest BCUT2D eigenvalue weighted by Crippen LogP contribution is -2.48. The zero-order valence-corrected chi connectivity index (χ0v) is 13.4. The second kappa shape index (κ2) is 9.43. The molecule has 0 bridgehead atoms. The Bertz CT molecular complexity index is 398. The van der Waals surface area contributed by atoms with Crippen LogP contribution in [0.2, 0.25) is 0 Å². The van der Waals surface area contributed by atoms with E-state index in [0.717, 1.165) is 38.5 Å². The Hall–Kier alpha value is -1.59. The van der Waals surface area contributed by atoms with E-state index in [4.69, 9.17) is 10.8 Å². The third-order valence-electron chi connectivity index (χ3n) is 4.27. The van der Waals surface area contributed by atoms with Crippen molar-refractivity contribution in [3.8, 4) is 0 Å². The maximum absolute atomic E-state index is 12.7. The van der Waals surface area contributed by atoms with Crippen molar-refractivity contribution < 1.29 is 19.5 Å². The van der Waals surface area contributed by atoms with E-state index in [1.54, 1.807) is 4.90 Å². The molecule has 22 heavy (non-hydrogen) atoms. The van der Waals surface area contributed by atoms with Crippen molar-refractivity contribution in [2.75, 3.05) is 6.54 Å². The van der Waals surface area contributed by atoms with Crippen molar-refractivity contribution in [1.29, 1.82) is 0 Å². The van der Waals surface area contributed by atoms with Crippen LogP contribution >= 0.6 is 0 Å². The molecule has 2 unspecified atom stereocenters. The number of rotatable bonds is 9. The van der Waals surface area contributed by atoms with Crippen LogP contribution in [-0.4, -0.2) is 40.4 Å².